The molecule has 1 N–H and O–H groups in total. The van der Waals surface area contributed by atoms with Gasteiger partial charge in [0.25, 0.3) is 5.88 Å². The number of aromatic nitrogens is 1. The van der Waals surface area contributed by atoms with Crippen molar-refractivity contribution in [3.8, 4) is 5.88 Å². The Bertz CT molecular complexity index is 470. The van der Waals surface area contributed by atoms with Crippen molar-refractivity contribution in [2.45, 2.75) is 38.6 Å². The van der Waals surface area contributed by atoms with Crippen molar-refractivity contribution in [1.29, 1.82) is 0 Å². The van der Waals surface area contributed by atoms with Crippen molar-refractivity contribution < 1.29 is 13.5 Å². The normalized spacial score (nSPS) is 19.5. The van der Waals surface area contributed by atoms with Crippen LogP contribution in [0.2, 0.25) is 0 Å². The minimum absolute atomic E-state index is 0.0465. The first kappa shape index (κ1) is 15.9. The van der Waals surface area contributed by atoms with Crippen LogP contribution < -0.4 is 10.1 Å². The lowest BCUT2D eigenvalue weighted by molar-refractivity contribution is 0.120. The fraction of sp³-hybridized carbons (Fsp3) is 0.667. The van der Waals surface area contributed by atoms with Crippen molar-refractivity contribution in [2.24, 2.45) is 0 Å². The number of likely N-dealkylation sites (N-methyl/N-ethyl adjacent to an activating group) is 1. The molecule has 1 fully saturated rings. The molecule has 0 aromatic carbocycles. The molecule has 0 radical (unpaired) electrons. The van der Waals surface area contributed by atoms with Crippen LogP contribution >= 0.6 is 0 Å². The molecule has 6 heteroatoms. The van der Waals surface area contributed by atoms with Crippen LogP contribution in [0.3, 0.4) is 0 Å². The highest BCUT2D eigenvalue weighted by atomic mass is 19.1. The van der Waals surface area contributed by atoms with Crippen LogP contribution in [-0.2, 0) is 0 Å². The van der Waals surface area contributed by atoms with E-state index in [1.165, 1.54) is 6.42 Å². The van der Waals surface area contributed by atoms with Gasteiger partial charge in [-0.2, -0.15) is 4.98 Å². The third-order valence-corrected chi connectivity index (χ3v) is 3.77. The van der Waals surface area contributed by atoms with Crippen molar-refractivity contribution in [2.75, 3.05) is 32.1 Å². The van der Waals surface area contributed by atoms with E-state index < -0.39 is 11.6 Å². The Morgan fingerprint density at radius 1 is 1.38 bits per heavy atom. The number of ether oxygens (including phenoxy) is 1. The lowest BCUT2D eigenvalue weighted by Crippen LogP contribution is -2.40. The summed E-state index contributed by atoms with van der Waals surface area (Å²) in [5.41, 5.74) is 0. The van der Waals surface area contributed by atoms with E-state index >= 15 is 0 Å². The molecule has 2 heterocycles. The highest BCUT2D eigenvalue weighted by Crippen LogP contribution is 2.22. The lowest BCUT2D eigenvalue weighted by atomic mass is 10.0. The van der Waals surface area contributed by atoms with Crippen LogP contribution in [0, 0.1) is 11.6 Å². The highest BCUT2D eigenvalue weighted by molar-refractivity contribution is 5.39. The SMILES string of the molecule is CCCNc1nc(OCC2CCCCN2C)c(F)cc1F. The molecule has 1 unspecified atom stereocenters. The first-order chi connectivity index (χ1) is 10.1. The molecule has 0 spiro atoms. The van der Waals surface area contributed by atoms with Crippen LogP contribution in [0.4, 0.5) is 14.6 Å². The predicted molar refractivity (Wildman–Crippen MR) is 78.7 cm³/mol. The average molecular weight is 299 g/mol. The smallest absolute Gasteiger partial charge is 0.252 e. The van der Waals surface area contributed by atoms with Crippen molar-refractivity contribution in [3.05, 3.63) is 17.7 Å². The Labute approximate surface area is 124 Å². The monoisotopic (exact) mass is 299 g/mol. The highest BCUT2D eigenvalue weighted by Gasteiger charge is 2.21. The second-order valence-corrected chi connectivity index (χ2v) is 5.47. The fourth-order valence-corrected chi connectivity index (χ4v) is 2.45. The standard InChI is InChI=1S/C15H23F2N3O/c1-3-7-18-14-12(16)9-13(17)15(19-14)21-10-11-6-4-5-8-20(11)2/h9,11H,3-8,10H2,1-2H3,(H,18,19). The van der Waals surface area contributed by atoms with Gasteiger partial charge in [-0.3, -0.25) is 0 Å². The number of rotatable bonds is 6. The van der Waals surface area contributed by atoms with Gasteiger partial charge >= 0.3 is 0 Å². The lowest BCUT2D eigenvalue weighted by Gasteiger charge is -2.32. The summed E-state index contributed by atoms with van der Waals surface area (Å²) in [6.45, 7) is 3.95. The number of piperidine rings is 1. The molecular weight excluding hydrogens is 276 g/mol. The number of anilines is 1. The summed E-state index contributed by atoms with van der Waals surface area (Å²) < 4.78 is 32.8. The van der Waals surface area contributed by atoms with Gasteiger partial charge in [-0.25, -0.2) is 8.78 Å². The molecule has 1 atom stereocenters. The third kappa shape index (κ3) is 4.27. The van der Waals surface area contributed by atoms with Gasteiger partial charge in [0.05, 0.1) is 0 Å². The van der Waals surface area contributed by atoms with Crippen molar-refractivity contribution >= 4 is 5.82 Å². The second kappa shape index (κ2) is 7.54. The van der Waals surface area contributed by atoms with Gasteiger partial charge in [-0.15, -0.1) is 0 Å². The number of nitrogens with zero attached hydrogens (tertiary/aromatic N) is 2. The van der Waals surface area contributed by atoms with E-state index in [-0.39, 0.29) is 17.7 Å². The molecule has 0 aliphatic carbocycles. The molecule has 1 aromatic heterocycles. The Kier molecular flexibility index (Phi) is 5.73. The first-order valence-electron chi connectivity index (χ1n) is 7.54. The summed E-state index contributed by atoms with van der Waals surface area (Å²) in [5, 5.41) is 2.83. The van der Waals surface area contributed by atoms with E-state index in [4.69, 9.17) is 4.74 Å². The molecule has 21 heavy (non-hydrogen) atoms. The van der Waals surface area contributed by atoms with E-state index in [1.807, 2.05) is 14.0 Å². The number of hydrogen-bond donors (Lipinski definition) is 1. The van der Waals surface area contributed by atoms with Crippen LogP contribution in [0.1, 0.15) is 32.6 Å². The van der Waals surface area contributed by atoms with Crippen LogP contribution in [-0.4, -0.2) is 42.7 Å². The maximum atomic E-state index is 13.7. The van der Waals surface area contributed by atoms with E-state index in [0.29, 0.717) is 13.2 Å². The zero-order valence-electron chi connectivity index (χ0n) is 12.7. The molecule has 1 aliphatic heterocycles. The number of halogens is 2. The molecule has 0 amide bonds. The zero-order valence-corrected chi connectivity index (χ0v) is 12.7. The summed E-state index contributed by atoms with van der Waals surface area (Å²) in [6.07, 6.45) is 4.20. The Morgan fingerprint density at radius 2 is 2.19 bits per heavy atom. The number of likely N-dealkylation sites (tertiary alicyclic amines) is 1. The maximum absolute atomic E-state index is 13.7. The van der Waals surface area contributed by atoms with E-state index in [0.717, 1.165) is 31.9 Å². The summed E-state index contributed by atoms with van der Waals surface area (Å²) in [6, 6.07) is 1.09. The van der Waals surface area contributed by atoms with Gasteiger partial charge in [0.1, 0.15) is 6.61 Å². The fourth-order valence-electron chi connectivity index (χ4n) is 2.45. The molecule has 2 rings (SSSR count). The van der Waals surface area contributed by atoms with E-state index in [9.17, 15) is 8.78 Å². The first-order valence-corrected chi connectivity index (χ1v) is 7.54. The second-order valence-electron chi connectivity index (χ2n) is 5.47. The van der Waals surface area contributed by atoms with Crippen LogP contribution in [0.25, 0.3) is 0 Å². The molecule has 118 valence electrons. The zero-order chi connectivity index (χ0) is 15.2. The van der Waals surface area contributed by atoms with Gasteiger partial charge in [-0.05, 0) is 32.9 Å². The Morgan fingerprint density at radius 3 is 2.90 bits per heavy atom. The van der Waals surface area contributed by atoms with Crippen LogP contribution in [0.5, 0.6) is 5.88 Å². The summed E-state index contributed by atoms with van der Waals surface area (Å²) in [4.78, 5) is 6.13. The Balaban J connectivity index is 2.01. The van der Waals surface area contributed by atoms with Crippen LogP contribution in [0.15, 0.2) is 6.07 Å². The summed E-state index contributed by atoms with van der Waals surface area (Å²) in [5.74, 6) is -1.53. The number of hydrogen-bond acceptors (Lipinski definition) is 4. The molecule has 1 saturated heterocycles. The minimum Gasteiger partial charge on any atom is -0.474 e. The summed E-state index contributed by atoms with van der Waals surface area (Å²) >= 11 is 0. The van der Waals surface area contributed by atoms with E-state index in [1.54, 1.807) is 0 Å². The molecule has 0 bridgehead atoms. The van der Waals surface area contributed by atoms with Crippen molar-refractivity contribution in [3.63, 3.8) is 0 Å². The largest absolute Gasteiger partial charge is 0.474 e. The van der Waals surface area contributed by atoms with Gasteiger partial charge in [0, 0.05) is 18.7 Å². The number of pyridine rings is 1. The molecule has 0 saturated carbocycles. The summed E-state index contributed by atoms with van der Waals surface area (Å²) in [7, 11) is 2.04. The molecule has 4 nitrogen and oxygen atoms in total. The van der Waals surface area contributed by atoms with Gasteiger partial charge < -0.3 is 15.0 Å². The van der Waals surface area contributed by atoms with Gasteiger partial charge in [0.15, 0.2) is 17.5 Å². The van der Waals surface area contributed by atoms with E-state index in [2.05, 4.69) is 15.2 Å². The minimum atomic E-state index is -0.756. The van der Waals surface area contributed by atoms with Crippen molar-refractivity contribution in [1.82, 2.24) is 9.88 Å². The number of nitrogens with one attached hydrogen (secondary N) is 1. The average Bonchev–Trinajstić information content (AvgIpc) is 2.47. The molecular formula is C15H23F2N3O. The third-order valence-electron chi connectivity index (χ3n) is 3.77. The van der Waals surface area contributed by atoms with Gasteiger partial charge in [-0.1, -0.05) is 13.3 Å². The molecule has 1 aromatic rings. The quantitative estimate of drug-likeness (QED) is 0.876. The predicted octanol–water partition coefficient (Wildman–Crippen LogP) is 3.04. The maximum Gasteiger partial charge on any atom is 0.252 e. The molecule has 1 aliphatic rings. The topological polar surface area (TPSA) is 37.4 Å². The Hall–Kier alpha value is -1.43. The van der Waals surface area contributed by atoms with Gasteiger partial charge in [0.2, 0.25) is 0 Å².